The van der Waals surface area contributed by atoms with Crippen molar-refractivity contribution >= 4 is 31.9 Å². The maximum atomic E-state index is 12.2. The molecule has 24 heavy (non-hydrogen) atoms. The standard InChI is InChI=1S/C16H18BrN3O3S/c1-11-14(16(21)18-8-9-19-24(2,22)23)6-7-15(20-11)12-4-3-5-13(17)10-12/h3-7,10,19H,8-9H2,1-2H3,(H,18,21). The van der Waals surface area contributed by atoms with Crippen molar-refractivity contribution in [2.24, 2.45) is 0 Å². The smallest absolute Gasteiger partial charge is 0.253 e. The molecule has 0 fully saturated rings. The number of nitrogens with zero attached hydrogens (tertiary/aromatic N) is 1. The molecule has 8 heteroatoms. The van der Waals surface area contributed by atoms with Crippen LogP contribution in [0.3, 0.4) is 0 Å². The molecule has 0 atom stereocenters. The zero-order valence-electron chi connectivity index (χ0n) is 13.3. The van der Waals surface area contributed by atoms with Gasteiger partial charge in [0.2, 0.25) is 10.0 Å². The van der Waals surface area contributed by atoms with Gasteiger partial charge in [0, 0.05) is 23.1 Å². The van der Waals surface area contributed by atoms with E-state index in [2.05, 4.69) is 31.0 Å². The van der Waals surface area contributed by atoms with E-state index >= 15 is 0 Å². The third-order valence-corrected chi connectivity index (χ3v) is 4.45. The van der Waals surface area contributed by atoms with Crippen molar-refractivity contribution in [1.29, 1.82) is 0 Å². The predicted molar refractivity (Wildman–Crippen MR) is 97.3 cm³/mol. The van der Waals surface area contributed by atoms with Gasteiger partial charge in [0.25, 0.3) is 5.91 Å². The second-order valence-corrected chi connectivity index (χ2v) is 8.01. The van der Waals surface area contributed by atoms with Crippen LogP contribution < -0.4 is 10.0 Å². The van der Waals surface area contributed by atoms with E-state index in [4.69, 9.17) is 0 Å². The van der Waals surface area contributed by atoms with Gasteiger partial charge in [0.15, 0.2) is 0 Å². The number of pyridine rings is 1. The minimum atomic E-state index is -3.25. The van der Waals surface area contributed by atoms with Crippen LogP contribution in [0, 0.1) is 6.92 Å². The van der Waals surface area contributed by atoms with Crippen LogP contribution in [-0.4, -0.2) is 38.7 Å². The van der Waals surface area contributed by atoms with Gasteiger partial charge in [-0.3, -0.25) is 9.78 Å². The molecule has 1 heterocycles. The summed E-state index contributed by atoms with van der Waals surface area (Å²) in [6.45, 7) is 2.12. The number of carbonyl (C=O) groups excluding carboxylic acids is 1. The average Bonchev–Trinajstić information content (AvgIpc) is 2.50. The summed E-state index contributed by atoms with van der Waals surface area (Å²) in [6.07, 6.45) is 1.07. The SMILES string of the molecule is Cc1nc(-c2cccc(Br)c2)ccc1C(=O)NCCNS(C)(=O)=O. The number of aryl methyl sites for hydroxylation is 1. The Morgan fingerprint density at radius 3 is 2.58 bits per heavy atom. The Balaban J connectivity index is 2.05. The average molecular weight is 412 g/mol. The van der Waals surface area contributed by atoms with E-state index < -0.39 is 10.0 Å². The second-order valence-electron chi connectivity index (χ2n) is 5.26. The van der Waals surface area contributed by atoms with Crippen molar-refractivity contribution in [1.82, 2.24) is 15.0 Å². The molecule has 0 saturated carbocycles. The summed E-state index contributed by atoms with van der Waals surface area (Å²) < 4.78 is 25.2. The summed E-state index contributed by atoms with van der Waals surface area (Å²) in [6, 6.07) is 11.3. The van der Waals surface area contributed by atoms with Crippen LogP contribution in [-0.2, 0) is 10.0 Å². The van der Waals surface area contributed by atoms with Crippen LogP contribution in [0.15, 0.2) is 40.9 Å². The van der Waals surface area contributed by atoms with E-state index in [1.807, 2.05) is 24.3 Å². The maximum absolute atomic E-state index is 12.2. The van der Waals surface area contributed by atoms with Crippen molar-refractivity contribution in [2.45, 2.75) is 6.92 Å². The summed E-state index contributed by atoms with van der Waals surface area (Å²) in [5.74, 6) is -0.281. The van der Waals surface area contributed by atoms with Crippen LogP contribution >= 0.6 is 15.9 Å². The fraction of sp³-hybridized carbons (Fsp3) is 0.250. The summed E-state index contributed by atoms with van der Waals surface area (Å²) in [5, 5.41) is 2.67. The monoisotopic (exact) mass is 411 g/mol. The lowest BCUT2D eigenvalue weighted by Gasteiger charge is -2.09. The first kappa shape index (κ1) is 18.6. The number of benzene rings is 1. The molecule has 1 aromatic heterocycles. The number of rotatable bonds is 6. The molecule has 0 aliphatic heterocycles. The van der Waals surface area contributed by atoms with Crippen molar-refractivity contribution < 1.29 is 13.2 Å². The Morgan fingerprint density at radius 1 is 1.21 bits per heavy atom. The summed E-state index contributed by atoms with van der Waals surface area (Å²) in [4.78, 5) is 16.6. The van der Waals surface area contributed by atoms with E-state index in [1.54, 1.807) is 19.1 Å². The zero-order valence-corrected chi connectivity index (χ0v) is 15.7. The second kappa shape index (κ2) is 7.87. The molecule has 0 spiro atoms. The molecule has 0 radical (unpaired) electrons. The van der Waals surface area contributed by atoms with E-state index in [9.17, 15) is 13.2 Å². The lowest BCUT2D eigenvalue weighted by atomic mass is 10.1. The van der Waals surface area contributed by atoms with E-state index in [0.717, 1.165) is 22.0 Å². The molecule has 2 rings (SSSR count). The molecule has 128 valence electrons. The lowest BCUT2D eigenvalue weighted by Crippen LogP contribution is -2.34. The molecule has 0 saturated heterocycles. The molecule has 0 aliphatic rings. The Bertz CT molecular complexity index is 853. The quantitative estimate of drug-likeness (QED) is 0.712. The van der Waals surface area contributed by atoms with Gasteiger partial charge in [-0.2, -0.15) is 0 Å². The van der Waals surface area contributed by atoms with Gasteiger partial charge in [-0.15, -0.1) is 0 Å². The van der Waals surface area contributed by atoms with E-state index in [0.29, 0.717) is 11.3 Å². The van der Waals surface area contributed by atoms with Gasteiger partial charge in [-0.05, 0) is 31.2 Å². The highest BCUT2D eigenvalue weighted by atomic mass is 79.9. The summed E-state index contributed by atoms with van der Waals surface area (Å²) in [5.41, 5.74) is 2.81. The summed E-state index contributed by atoms with van der Waals surface area (Å²) >= 11 is 3.42. The number of nitrogens with one attached hydrogen (secondary N) is 2. The van der Waals surface area contributed by atoms with Gasteiger partial charge in [-0.25, -0.2) is 13.1 Å². The largest absolute Gasteiger partial charge is 0.351 e. The number of hydrogen-bond donors (Lipinski definition) is 2. The molecular weight excluding hydrogens is 394 g/mol. The molecule has 2 N–H and O–H groups in total. The van der Waals surface area contributed by atoms with Crippen LogP contribution in [0.25, 0.3) is 11.3 Å². The number of amides is 1. The Labute approximate surface area is 149 Å². The number of sulfonamides is 1. The Kier molecular flexibility index (Phi) is 6.09. The molecular formula is C16H18BrN3O3S. The fourth-order valence-electron chi connectivity index (χ4n) is 2.12. The highest BCUT2D eigenvalue weighted by Crippen LogP contribution is 2.22. The van der Waals surface area contributed by atoms with Crippen molar-refractivity contribution in [3.63, 3.8) is 0 Å². The summed E-state index contributed by atoms with van der Waals surface area (Å²) in [7, 11) is -3.25. The van der Waals surface area contributed by atoms with Gasteiger partial charge < -0.3 is 5.32 Å². The van der Waals surface area contributed by atoms with Gasteiger partial charge in [0.05, 0.1) is 23.2 Å². The van der Waals surface area contributed by atoms with Crippen LogP contribution in [0.1, 0.15) is 16.1 Å². The number of halogens is 1. The minimum absolute atomic E-state index is 0.146. The molecule has 0 bridgehead atoms. The normalized spacial score (nSPS) is 11.3. The first-order chi connectivity index (χ1) is 11.3. The maximum Gasteiger partial charge on any atom is 0.253 e. The topological polar surface area (TPSA) is 88.2 Å². The molecule has 2 aromatic rings. The van der Waals surface area contributed by atoms with Crippen molar-refractivity contribution in [3.8, 4) is 11.3 Å². The lowest BCUT2D eigenvalue weighted by molar-refractivity contribution is 0.0953. The van der Waals surface area contributed by atoms with Crippen LogP contribution in [0.2, 0.25) is 0 Å². The molecule has 0 aliphatic carbocycles. The third kappa shape index (κ3) is 5.40. The first-order valence-corrected chi connectivity index (χ1v) is 9.91. The highest BCUT2D eigenvalue weighted by Gasteiger charge is 2.11. The predicted octanol–water partition coefficient (Wildman–Crippen LogP) is 2.10. The first-order valence-electron chi connectivity index (χ1n) is 7.23. The van der Waals surface area contributed by atoms with E-state index in [-0.39, 0.29) is 19.0 Å². The zero-order chi connectivity index (χ0) is 17.7. The van der Waals surface area contributed by atoms with Crippen LogP contribution in [0.4, 0.5) is 0 Å². The Hall–Kier alpha value is -1.77. The molecule has 1 aromatic carbocycles. The van der Waals surface area contributed by atoms with Gasteiger partial charge in [0.1, 0.15) is 0 Å². The Morgan fingerprint density at radius 2 is 1.96 bits per heavy atom. The number of hydrogen-bond acceptors (Lipinski definition) is 4. The van der Waals surface area contributed by atoms with Crippen LogP contribution in [0.5, 0.6) is 0 Å². The molecule has 0 unspecified atom stereocenters. The molecule has 6 nitrogen and oxygen atoms in total. The number of carbonyl (C=O) groups is 1. The van der Waals surface area contributed by atoms with Crippen molar-refractivity contribution in [2.75, 3.05) is 19.3 Å². The van der Waals surface area contributed by atoms with Crippen molar-refractivity contribution in [3.05, 3.63) is 52.1 Å². The van der Waals surface area contributed by atoms with E-state index in [1.165, 1.54) is 0 Å². The highest BCUT2D eigenvalue weighted by molar-refractivity contribution is 9.10. The van der Waals surface area contributed by atoms with Gasteiger partial charge >= 0.3 is 0 Å². The third-order valence-electron chi connectivity index (χ3n) is 3.23. The fourth-order valence-corrected chi connectivity index (χ4v) is 2.99. The minimum Gasteiger partial charge on any atom is -0.351 e. The molecule has 1 amide bonds. The van der Waals surface area contributed by atoms with Gasteiger partial charge in [-0.1, -0.05) is 28.1 Å². The number of aromatic nitrogens is 1.